The smallest absolute Gasteiger partial charge is 0.319 e. The summed E-state index contributed by atoms with van der Waals surface area (Å²) in [5, 5.41) is 12.5. The third-order valence-corrected chi connectivity index (χ3v) is 2.75. The monoisotopic (exact) mass is 299 g/mol. The summed E-state index contributed by atoms with van der Waals surface area (Å²) in [5.74, 6) is 0.422. The third-order valence-electron chi connectivity index (χ3n) is 2.31. The number of nitrogens with zero attached hydrogens (tertiary/aromatic N) is 1. The molecule has 6 nitrogen and oxygen atoms in total. The molecule has 0 fully saturated rings. The Labute approximate surface area is 119 Å². The molecule has 0 aliphatic carbocycles. The molecule has 100 valence electrons. The van der Waals surface area contributed by atoms with Crippen LogP contribution in [0.4, 0.5) is 16.3 Å². The van der Waals surface area contributed by atoms with Crippen molar-refractivity contribution in [1.82, 2.24) is 15.5 Å². The number of amides is 2. The number of anilines is 2. The van der Waals surface area contributed by atoms with Crippen LogP contribution in [0.3, 0.4) is 0 Å². The summed E-state index contributed by atoms with van der Waals surface area (Å²) in [6, 6.07) is 4.38. The lowest BCUT2D eigenvalue weighted by Crippen LogP contribution is -2.28. The molecule has 19 heavy (non-hydrogen) atoms. The van der Waals surface area contributed by atoms with E-state index in [0.29, 0.717) is 27.1 Å². The van der Waals surface area contributed by atoms with Crippen molar-refractivity contribution in [3.05, 3.63) is 40.0 Å². The predicted molar refractivity (Wildman–Crippen MR) is 75.3 cm³/mol. The van der Waals surface area contributed by atoms with E-state index in [1.165, 1.54) is 0 Å². The first-order chi connectivity index (χ1) is 9.04. The molecule has 0 aliphatic heterocycles. The van der Waals surface area contributed by atoms with Crippen molar-refractivity contribution in [2.24, 2.45) is 0 Å². The largest absolute Gasteiger partial charge is 0.384 e. The molecule has 8 heteroatoms. The summed E-state index contributed by atoms with van der Waals surface area (Å²) in [6.45, 7) is 0.266. The molecule has 5 N–H and O–H groups in total. The predicted octanol–water partition coefficient (Wildman–Crippen LogP) is 2.62. The minimum absolute atomic E-state index is 0.266. The van der Waals surface area contributed by atoms with Crippen LogP contribution in [0.1, 0.15) is 5.56 Å². The molecule has 0 aliphatic rings. The zero-order valence-electron chi connectivity index (χ0n) is 9.71. The fourth-order valence-electron chi connectivity index (χ4n) is 1.44. The number of aromatic nitrogens is 2. The quantitative estimate of drug-likeness (QED) is 0.701. The number of benzene rings is 1. The SMILES string of the molecule is Nc1[nH]ncc1CNC(=O)Nc1cc(Cl)cc(Cl)c1. The van der Waals surface area contributed by atoms with E-state index in [1.807, 2.05) is 0 Å². The van der Waals surface area contributed by atoms with Crippen LogP contribution in [0.25, 0.3) is 0 Å². The molecular formula is C11H11Cl2N5O. The Hall–Kier alpha value is -1.92. The Bertz CT molecular complexity index is 578. The molecule has 1 heterocycles. The van der Waals surface area contributed by atoms with Gasteiger partial charge in [0.05, 0.1) is 6.20 Å². The van der Waals surface area contributed by atoms with Crippen molar-refractivity contribution in [3.8, 4) is 0 Å². The molecule has 2 amide bonds. The van der Waals surface area contributed by atoms with Gasteiger partial charge in [0.2, 0.25) is 0 Å². The van der Waals surface area contributed by atoms with Crippen LogP contribution in [-0.4, -0.2) is 16.2 Å². The number of nitrogens with one attached hydrogen (secondary N) is 3. The van der Waals surface area contributed by atoms with Gasteiger partial charge in [-0.2, -0.15) is 5.10 Å². The van der Waals surface area contributed by atoms with Crippen molar-refractivity contribution in [2.45, 2.75) is 6.54 Å². The second-order valence-corrected chi connectivity index (χ2v) is 4.65. The number of hydrogen-bond acceptors (Lipinski definition) is 3. The van der Waals surface area contributed by atoms with Gasteiger partial charge in [-0.05, 0) is 18.2 Å². The van der Waals surface area contributed by atoms with Gasteiger partial charge in [-0.1, -0.05) is 23.2 Å². The van der Waals surface area contributed by atoms with Crippen LogP contribution in [0.5, 0.6) is 0 Å². The maximum atomic E-state index is 11.7. The summed E-state index contributed by atoms with van der Waals surface area (Å²) in [6.07, 6.45) is 1.55. The summed E-state index contributed by atoms with van der Waals surface area (Å²) in [4.78, 5) is 11.7. The zero-order valence-corrected chi connectivity index (χ0v) is 11.2. The lowest BCUT2D eigenvalue weighted by atomic mass is 10.3. The van der Waals surface area contributed by atoms with E-state index in [-0.39, 0.29) is 12.6 Å². The standard InChI is InChI=1S/C11H11Cl2N5O/c12-7-1-8(13)3-9(2-7)17-11(19)15-4-6-5-16-18-10(6)14/h1-3,5H,4H2,(H3,14,16,18)(H2,15,17,19). The van der Waals surface area contributed by atoms with Gasteiger partial charge in [-0.3, -0.25) is 5.10 Å². The maximum Gasteiger partial charge on any atom is 0.319 e. The van der Waals surface area contributed by atoms with Crippen molar-refractivity contribution in [3.63, 3.8) is 0 Å². The minimum Gasteiger partial charge on any atom is -0.384 e. The molecular weight excluding hydrogens is 289 g/mol. The van der Waals surface area contributed by atoms with Gasteiger partial charge in [0.25, 0.3) is 0 Å². The Kier molecular flexibility index (Phi) is 4.13. The molecule has 0 spiro atoms. The van der Waals surface area contributed by atoms with E-state index in [1.54, 1.807) is 24.4 Å². The van der Waals surface area contributed by atoms with Gasteiger partial charge in [-0.25, -0.2) is 4.79 Å². The van der Waals surface area contributed by atoms with E-state index >= 15 is 0 Å². The van der Waals surface area contributed by atoms with Crippen LogP contribution in [0.15, 0.2) is 24.4 Å². The molecule has 0 bridgehead atoms. The molecule has 1 aromatic heterocycles. The van der Waals surface area contributed by atoms with Crippen LogP contribution in [-0.2, 0) is 6.54 Å². The molecule has 0 unspecified atom stereocenters. The van der Waals surface area contributed by atoms with Gasteiger partial charge < -0.3 is 16.4 Å². The first-order valence-electron chi connectivity index (χ1n) is 5.33. The fourth-order valence-corrected chi connectivity index (χ4v) is 1.96. The number of aromatic amines is 1. The fraction of sp³-hybridized carbons (Fsp3) is 0.0909. The lowest BCUT2D eigenvalue weighted by Gasteiger charge is -2.08. The second-order valence-electron chi connectivity index (χ2n) is 3.77. The highest BCUT2D eigenvalue weighted by atomic mass is 35.5. The van der Waals surface area contributed by atoms with Gasteiger partial charge >= 0.3 is 6.03 Å². The summed E-state index contributed by atoms with van der Waals surface area (Å²) in [7, 11) is 0. The summed E-state index contributed by atoms with van der Waals surface area (Å²) in [5.41, 5.74) is 6.81. The zero-order chi connectivity index (χ0) is 13.8. The van der Waals surface area contributed by atoms with E-state index in [2.05, 4.69) is 20.8 Å². The number of urea groups is 1. The summed E-state index contributed by atoms with van der Waals surface area (Å²) < 4.78 is 0. The van der Waals surface area contributed by atoms with Crippen LogP contribution >= 0.6 is 23.2 Å². The molecule has 0 atom stereocenters. The van der Waals surface area contributed by atoms with Gasteiger partial charge in [0.15, 0.2) is 0 Å². The number of nitrogens with two attached hydrogens (primary N) is 1. The molecule has 2 aromatic rings. The van der Waals surface area contributed by atoms with Crippen molar-refractivity contribution < 1.29 is 4.79 Å². The number of carbonyl (C=O) groups excluding carboxylic acids is 1. The lowest BCUT2D eigenvalue weighted by molar-refractivity contribution is 0.252. The number of hydrogen-bond donors (Lipinski definition) is 4. The van der Waals surface area contributed by atoms with Crippen LogP contribution in [0, 0.1) is 0 Å². The van der Waals surface area contributed by atoms with E-state index in [4.69, 9.17) is 28.9 Å². The van der Waals surface area contributed by atoms with Gasteiger partial charge in [0, 0.05) is 27.8 Å². The maximum absolute atomic E-state index is 11.7. The Balaban J connectivity index is 1.92. The molecule has 0 radical (unpaired) electrons. The third kappa shape index (κ3) is 3.77. The molecule has 0 saturated carbocycles. The summed E-state index contributed by atoms with van der Waals surface area (Å²) >= 11 is 11.7. The molecule has 0 saturated heterocycles. The topological polar surface area (TPSA) is 95.8 Å². The van der Waals surface area contributed by atoms with Crippen LogP contribution in [0.2, 0.25) is 10.0 Å². The number of carbonyl (C=O) groups is 1. The molecule has 1 aromatic carbocycles. The number of rotatable bonds is 3. The average Bonchev–Trinajstić information content (AvgIpc) is 2.71. The van der Waals surface area contributed by atoms with Gasteiger partial charge in [-0.15, -0.1) is 0 Å². The Morgan fingerprint density at radius 3 is 2.58 bits per heavy atom. The average molecular weight is 300 g/mol. The van der Waals surface area contributed by atoms with Crippen molar-refractivity contribution >= 4 is 40.7 Å². The number of nitrogen functional groups attached to an aromatic ring is 1. The van der Waals surface area contributed by atoms with Crippen LogP contribution < -0.4 is 16.4 Å². The number of H-pyrrole nitrogens is 1. The second kappa shape index (κ2) is 5.81. The Morgan fingerprint density at radius 2 is 2.00 bits per heavy atom. The van der Waals surface area contributed by atoms with Crippen molar-refractivity contribution in [2.75, 3.05) is 11.1 Å². The molecule has 2 rings (SSSR count). The highest BCUT2D eigenvalue weighted by Gasteiger charge is 2.06. The van der Waals surface area contributed by atoms with Crippen molar-refractivity contribution in [1.29, 1.82) is 0 Å². The van der Waals surface area contributed by atoms with Gasteiger partial charge in [0.1, 0.15) is 5.82 Å². The number of halogens is 2. The minimum atomic E-state index is -0.390. The highest BCUT2D eigenvalue weighted by Crippen LogP contribution is 2.22. The van der Waals surface area contributed by atoms with E-state index in [9.17, 15) is 4.79 Å². The Morgan fingerprint density at radius 1 is 1.32 bits per heavy atom. The van der Waals surface area contributed by atoms with E-state index < -0.39 is 0 Å². The first-order valence-corrected chi connectivity index (χ1v) is 6.09. The normalized spacial score (nSPS) is 10.2. The highest BCUT2D eigenvalue weighted by molar-refractivity contribution is 6.35. The first kappa shape index (κ1) is 13.5. The van der Waals surface area contributed by atoms with E-state index in [0.717, 1.165) is 0 Å².